The van der Waals surface area contributed by atoms with Crippen LogP contribution >= 0.6 is 0 Å². The van der Waals surface area contributed by atoms with Gasteiger partial charge in [0.15, 0.2) is 5.84 Å². The second-order valence-electron chi connectivity index (χ2n) is 3.76. The van der Waals surface area contributed by atoms with Gasteiger partial charge in [0.2, 0.25) is 0 Å². The van der Waals surface area contributed by atoms with Gasteiger partial charge in [-0.1, -0.05) is 17.3 Å². The Bertz CT molecular complexity index is 579. The number of hydrogen-bond donors (Lipinski definition) is 2. The molecule has 98 valence electrons. The SMILES string of the molecule is COc1ccc(Oc2ccccc2/C(N)=N/O)cc1. The summed E-state index contributed by atoms with van der Waals surface area (Å²) in [5, 5.41) is 11.7. The fourth-order valence-corrected chi connectivity index (χ4v) is 1.59. The molecule has 0 aromatic heterocycles. The predicted molar refractivity (Wildman–Crippen MR) is 72.0 cm³/mol. The molecule has 3 N–H and O–H groups in total. The first-order valence-electron chi connectivity index (χ1n) is 5.63. The number of hydrogen-bond acceptors (Lipinski definition) is 4. The van der Waals surface area contributed by atoms with E-state index in [9.17, 15) is 0 Å². The van der Waals surface area contributed by atoms with Crippen molar-refractivity contribution < 1.29 is 14.7 Å². The number of para-hydroxylation sites is 1. The lowest BCUT2D eigenvalue weighted by molar-refractivity contribution is 0.318. The second-order valence-corrected chi connectivity index (χ2v) is 3.76. The Balaban J connectivity index is 2.27. The number of ether oxygens (including phenoxy) is 2. The van der Waals surface area contributed by atoms with Crippen LogP contribution in [0, 0.1) is 0 Å². The van der Waals surface area contributed by atoms with Gasteiger partial charge in [-0.3, -0.25) is 0 Å². The van der Waals surface area contributed by atoms with Crippen molar-refractivity contribution in [2.75, 3.05) is 7.11 Å². The van der Waals surface area contributed by atoms with Crippen molar-refractivity contribution in [3.63, 3.8) is 0 Å². The molecule has 19 heavy (non-hydrogen) atoms. The maximum absolute atomic E-state index is 8.74. The molecule has 0 saturated heterocycles. The standard InChI is InChI=1S/C14H14N2O3/c1-18-10-6-8-11(9-7-10)19-13-5-3-2-4-12(13)14(15)16-17/h2-9,17H,1H3,(H2,15,16). The number of methoxy groups -OCH3 is 1. The summed E-state index contributed by atoms with van der Waals surface area (Å²) in [5.41, 5.74) is 6.12. The van der Waals surface area contributed by atoms with Gasteiger partial charge in [-0.05, 0) is 36.4 Å². The van der Waals surface area contributed by atoms with Gasteiger partial charge in [0.1, 0.15) is 17.2 Å². The number of nitrogens with zero attached hydrogens (tertiary/aromatic N) is 1. The fourth-order valence-electron chi connectivity index (χ4n) is 1.59. The summed E-state index contributed by atoms with van der Waals surface area (Å²) >= 11 is 0. The summed E-state index contributed by atoms with van der Waals surface area (Å²) in [4.78, 5) is 0. The van der Waals surface area contributed by atoms with Crippen LogP contribution in [0.3, 0.4) is 0 Å². The first-order chi connectivity index (χ1) is 9.24. The van der Waals surface area contributed by atoms with Crippen LogP contribution in [0.15, 0.2) is 53.7 Å². The summed E-state index contributed by atoms with van der Waals surface area (Å²) < 4.78 is 10.8. The summed E-state index contributed by atoms with van der Waals surface area (Å²) in [6.45, 7) is 0. The number of oxime groups is 1. The molecule has 0 unspecified atom stereocenters. The molecule has 0 bridgehead atoms. The zero-order valence-electron chi connectivity index (χ0n) is 10.4. The van der Waals surface area contributed by atoms with Gasteiger partial charge in [0, 0.05) is 0 Å². The molecule has 0 radical (unpaired) electrons. The molecular weight excluding hydrogens is 244 g/mol. The van der Waals surface area contributed by atoms with Crippen LogP contribution in [0.5, 0.6) is 17.2 Å². The van der Waals surface area contributed by atoms with Crippen molar-refractivity contribution in [3.05, 3.63) is 54.1 Å². The molecule has 0 aliphatic heterocycles. The van der Waals surface area contributed by atoms with E-state index in [-0.39, 0.29) is 5.84 Å². The normalized spacial score (nSPS) is 11.1. The molecule has 0 aliphatic carbocycles. The third-order valence-electron chi connectivity index (χ3n) is 2.56. The lowest BCUT2D eigenvalue weighted by Crippen LogP contribution is -2.14. The zero-order valence-corrected chi connectivity index (χ0v) is 10.4. The molecule has 0 fully saturated rings. The van der Waals surface area contributed by atoms with Crippen LogP contribution in [-0.4, -0.2) is 18.2 Å². The largest absolute Gasteiger partial charge is 0.497 e. The maximum atomic E-state index is 8.74. The number of amidine groups is 1. The van der Waals surface area contributed by atoms with Crippen LogP contribution < -0.4 is 15.2 Å². The van der Waals surface area contributed by atoms with E-state index in [2.05, 4.69) is 5.16 Å². The van der Waals surface area contributed by atoms with Gasteiger partial charge < -0.3 is 20.4 Å². The molecule has 0 saturated carbocycles. The van der Waals surface area contributed by atoms with E-state index in [1.54, 1.807) is 49.6 Å². The van der Waals surface area contributed by atoms with E-state index < -0.39 is 0 Å². The lowest BCUT2D eigenvalue weighted by Gasteiger charge is -2.10. The summed E-state index contributed by atoms with van der Waals surface area (Å²) in [6.07, 6.45) is 0. The summed E-state index contributed by atoms with van der Waals surface area (Å²) in [7, 11) is 1.60. The van der Waals surface area contributed by atoms with Crippen molar-refractivity contribution in [1.29, 1.82) is 0 Å². The highest BCUT2D eigenvalue weighted by Gasteiger charge is 2.08. The molecule has 5 nitrogen and oxygen atoms in total. The van der Waals surface area contributed by atoms with E-state index in [0.717, 1.165) is 5.75 Å². The summed E-state index contributed by atoms with van der Waals surface area (Å²) in [5.74, 6) is 1.91. The van der Waals surface area contributed by atoms with Crippen LogP contribution in [-0.2, 0) is 0 Å². The monoisotopic (exact) mass is 258 g/mol. The molecule has 0 atom stereocenters. The van der Waals surface area contributed by atoms with Gasteiger partial charge >= 0.3 is 0 Å². The Morgan fingerprint density at radius 2 is 1.68 bits per heavy atom. The van der Waals surface area contributed by atoms with Gasteiger partial charge in [-0.2, -0.15) is 0 Å². The lowest BCUT2D eigenvalue weighted by atomic mass is 10.2. The molecular formula is C14H14N2O3. The topological polar surface area (TPSA) is 77.1 Å². The van der Waals surface area contributed by atoms with Gasteiger partial charge in [-0.15, -0.1) is 0 Å². The summed E-state index contributed by atoms with van der Waals surface area (Å²) in [6, 6.07) is 14.2. The molecule has 5 heteroatoms. The minimum atomic E-state index is 0.00381. The quantitative estimate of drug-likeness (QED) is 0.382. The highest BCUT2D eigenvalue weighted by atomic mass is 16.5. The highest BCUT2D eigenvalue weighted by molar-refractivity contribution is 5.99. The van der Waals surface area contributed by atoms with E-state index in [0.29, 0.717) is 17.1 Å². The molecule has 2 aromatic carbocycles. The average Bonchev–Trinajstić information content (AvgIpc) is 2.48. The van der Waals surface area contributed by atoms with Crippen molar-refractivity contribution in [1.82, 2.24) is 0 Å². The fraction of sp³-hybridized carbons (Fsp3) is 0.0714. The molecule has 0 amide bonds. The Kier molecular flexibility index (Phi) is 3.87. The first kappa shape index (κ1) is 12.8. The maximum Gasteiger partial charge on any atom is 0.173 e. The molecule has 0 spiro atoms. The first-order valence-corrected chi connectivity index (χ1v) is 5.63. The van der Waals surface area contributed by atoms with Crippen LogP contribution in [0.1, 0.15) is 5.56 Å². The molecule has 2 aromatic rings. The zero-order chi connectivity index (χ0) is 13.7. The molecule has 0 aliphatic rings. The van der Waals surface area contributed by atoms with Gasteiger partial charge in [0.25, 0.3) is 0 Å². The predicted octanol–water partition coefficient (Wildman–Crippen LogP) is 2.58. The van der Waals surface area contributed by atoms with E-state index in [1.807, 2.05) is 6.07 Å². The minimum absolute atomic E-state index is 0.00381. The number of rotatable bonds is 4. The van der Waals surface area contributed by atoms with Gasteiger partial charge in [-0.25, -0.2) is 0 Å². The minimum Gasteiger partial charge on any atom is -0.497 e. The van der Waals surface area contributed by atoms with Crippen LogP contribution in [0.25, 0.3) is 0 Å². The molecule has 0 heterocycles. The number of nitrogens with two attached hydrogens (primary N) is 1. The Labute approximate surface area is 110 Å². The van der Waals surface area contributed by atoms with Gasteiger partial charge in [0.05, 0.1) is 12.7 Å². The van der Waals surface area contributed by atoms with Crippen molar-refractivity contribution in [2.45, 2.75) is 0 Å². The smallest absolute Gasteiger partial charge is 0.173 e. The van der Waals surface area contributed by atoms with Crippen molar-refractivity contribution in [2.24, 2.45) is 10.9 Å². The Morgan fingerprint density at radius 3 is 2.32 bits per heavy atom. The van der Waals surface area contributed by atoms with Crippen molar-refractivity contribution >= 4 is 5.84 Å². The molecule has 2 rings (SSSR count). The van der Waals surface area contributed by atoms with Crippen LogP contribution in [0.2, 0.25) is 0 Å². The number of benzene rings is 2. The Morgan fingerprint density at radius 1 is 1.05 bits per heavy atom. The average molecular weight is 258 g/mol. The second kappa shape index (κ2) is 5.77. The third kappa shape index (κ3) is 2.95. The van der Waals surface area contributed by atoms with Crippen LogP contribution in [0.4, 0.5) is 0 Å². The Hall–Kier alpha value is -2.69. The highest BCUT2D eigenvalue weighted by Crippen LogP contribution is 2.26. The van der Waals surface area contributed by atoms with E-state index >= 15 is 0 Å². The van der Waals surface area contributed by atoms with E-state index in [4.69, 9.17) is 20.4 Å². The van der Waals surface area contributed by atoms with E-state index in [1.165, 1.54) is 0 Å². The van der Waals surface area contributed by atoms with Crippen molar-refractivity contribution in [3.8, 4) is 17.2 Å². The third-order valence-corrected chi connectivity index (χ3v) is 2.56.